The monoisotopic (exact) mass is 215 g/mol. The molecule has 1 fully saturated rings. The van der Waals surface area contributed by atoms with Crippen LogP contribution >= 0.6 is 0 Å². The molecular formula is C10H21N3O2. The van der Waals surface area contributed by atoms with E-state index in [0.717, 1.165) is 19.4 Å². The van der Waals surface area contributed by atoms with Gasteiger partial charge in [0.05, 0.1) is 6.61 Å². The lowest BCUT2D eigenvalue weighted by atomic mass is 10.1. The molecule has 0 aromatic carbocycles. The van der Waals surface area contributed by atoms with Gasteiger partial charge in [-0.15, -0.1) is 0 Å². The minimum Gasteiger partial charge on any atom is -0.383 e. The fraction of sp³-hybridized carbons (Fsp3) is 0.900. The second-order valence-electron chi connectivity index (χ2n) is 3.95. The van der Waals surface area contributed by atoms with Gasteiger partial charge in [0.25, 0.3) is 0 Å². The van der Waals surface area contributed by atoms with Gasteiger partial charge >= 0.3 is 0 Å². The van der Waals surface area contributed by atoms with Crippen LogP contribution in [-0.4, -0.2) is 44.8 Å². The fourth-order valence-corrected chi connectivity index (χ4v) is 1.84. The average molecular weight is 215 g/mol. The first-order chi connectivity index (χ1) is 7.26. The molecule has 2 atom stereocenters. The molecule has 1 aliphatic rings. The second kappa shape index (κ2) is 6.76. The molecule has 1 saturated heterocycles. The van der Waals surface area contributed by atoms with Crippen molar-refractivity contribution in [2.75, 3.05) is 26.8 Å². The lowest BCUT2D eigenvalue weighted by Crippen LogP contribution is -2.42. The van der Waals surface area contributed by atoms with E-state index in [4.69, 9.17) is 10.5 Å². The second-order valence-corrected chi connectivity index (χ2v) is 3.95. The first kappa shape index (κ1) is 12.4. The fourth-order valence-electron chi connectivity index (χ4n) is 1.84. The smallest absolute Gasteiger partial charge is 0.221 e. The highest BCUT2D eigenvalue weighted by Gasteiger charge is 2.23. The van der Waals surface area contributed by atoms with Gasteiger partial charge in [0.15, 0.2) is 0 Å². The number of hydrogen-bond donors (Lipinski definition) is 3. The zero-order chi connectivity index (χ0) is 11.1. The molecule has 15 heavy (non-hydrogen) atoms. The number of rotatable bonds is 7. The third-order valence-corrected chi connectivity index (χ3v) is 2.57. The molecule has 88 valence electrons. The summed E-state index contributed by atoms with van der Waals surface area (Å²) in [6.45, 7) is 2.09. The SMILES string of the molecule is COCC(CCCN)NC1CNC(=O)C1. The molecule has 5 heteroatoms. The zero-order valence-corrected chi connectivity index (χ0v) is 9.29. The van der Waals surface area contributed by atoms with Crippen molar-refractivity contribution < 1.29 is 9.53 Å². The van der Waals surface area contributed by atoms with Crippen molar-refractivity contribution in [3.63, 3.8) is 0 Å². The highest BCUT2D eigenvalue weighted by atomic mass is 16.5. The number of amides is 1. The van der Waals surface area contributed by atoms with E-state index in [-0.39, 0.29) is 11.9 Å². The van der Waals surface area contributed by atoms with Gasteiger partial charge in [-0.25, -0.2) is 0 Å². The Morgan fingerprint density at radius 1 is 1.73 bits per heavy atom. The minimum absolute atomic E-state index is 0.127. The molecule has 0 radical (unpaired) electrons. The summed E-state index contributed by atoms with van der Waals surface area (Å²) in [4.78, 5) is 11.0. The number of nitrogens with two attached hydrogens (primary N) is 1. The molecular weight excluding hydrogens is 194 g/mol. The molecule has 0 aromatic rings. The lowest BCUT2D eigenvalue weighted by molar-refractivity contribution is -0.119. The Labute approximate surface area is 90.7 Å². The number of methoxy groups -OCH3 is 1. The Kier molecular flexibility index (Phi) is 5.60. The normalized spacial score (nSPS) is 22.8. The number of nitrogens with one attached hydrogen (secondary N) is 2. The Balaban J connectivity index is 2.26. The summed E-state index contributed by atoms with van der Waals surface area (Å²) in [7, 11) is 1.69. The Bertz CT molecular complexity index is 199. The third-order valence-electron chi connectivity index (χ3n) is 2.57. The number of carbonyl (C=O) groups excluding carboxylic acids is 1. The van der Waals surface area contributed by atoms with E-state index in [1.807, 2.05) is 0 Å². The summed E-state index contributed by atoms with van der Waals surface area (Å²) in [6.07, 6.45) is 2.55. The largest absolute Gasteiger partial charge is 0.383 e. The van der Waals surface area contributed by atoms with Gasteiger partial charge in [0.2, 0.25) is 5.91 Å². The van der Waals surface area contributed by atoms with Crippen LogP contribution < -0.4 is 16.4 Å². The Morgan fingerprint density at radius 2 is 2.53 bits per heavy atom. The van der Waals surface area contributed by atoms with Crippen LogP contribution in [0.15, 0.2) is 0 Å². The summed E-state index contributed by atoms with van der Waals surface area (Å²) in [5.74, 6) is 0.127. The predicted octanol–water partition coefficient (Wildman–Crippen LogP) is -0.782. The van der Waals surface area contributed by atoms with Crippen LogP contribution in [0.3, 0.4) is 0 Å². The topological polar surface area (TPSA) is 76.4 Å². The van der Waals surface area contributed by atoms with Crippen LogP contribution in [0.4, 0.5) is 0 Å². The minimum atomic E-state index is 0.127. The molecule has 1 amide bonds. The van der Waals surface area contributed by atoms with Crippen molar-refractivity contribution in [2.45, 2.75) is 31.3 Å². The van der Waals surface area contributed by atoms with Gasteiger partial charge in [-0.1, -0.05) is 0 Å². The van der Waals surface area contributed by atoms with Crippen molar-refractivity contribution >= 4 is 5.91 Å². The molecule has 0 bridgehead atoms. The van der Waals surface area contributed by atoms with Crippen LogP contribution in [0.2, 0.25) is 0 Å². The molecule has 2 unspecified atom stereocenters. The van der Waals surface area contributed by atoms with Crippen LogP contribution in [0.1, 0.15) is 19.3 Å². The number of ether oxygens (including phenoxy) is 1. The van der Waals surface area contributed by atoms with Crippen molar-refractivity contribution in [3.8, 4) is 0 Å². The van der Waals surface area contributed by atoms with E-state index in [9.17, 15) is 4.79 Å². The van der Waals surface area contributed by atoms with Crippen molar-refractivity contribution in [2.24, 2.45) is 5.73 Å². The molecule has 1 rings (SSSR count). The Morgan fingerprint density at radius 3 is 3.07 bits per heavy atom. The van der Waals surface area contributed by atoms with Crippen LogP contribution in [-0.2, 0) is 9.53 Å². The molecule has 0 spiro atoms. The highest BCUT2D eigenvalue weighted by molar-refractivity contribution is 5.78. The summed E-state index contributed by atoms with van der Waals surface area (Å²) in [5.41, 5.74) is 5.47. The summed E-state index contributed by atoms with van der Waals surface area (Å²) in [6, 6.07) is 0.548. The van der Waals surface area contributed by atoms with E-state index in [2.05, 4.69) is 10.6 Å². The molecule has 1 aliphatic heterocycles. The van der Waals surface area contributed by atoms with E-state index in [1.165, 1.54) is 0 Å². The maximum absolute atomic E-state index is 11.0. The van der Waals surface area contributed by atoms with Gasteiger partial charge < -0.3 is 21.1 Å². The van der Waals surface area contributed by atoms with Crippen molar-refractivity contribution in [1.29, 1.82) is 0 Å². The molecule has 4 N–H and O–H groups in total. The summed E-state index contributed by atoms with van der Waals surface area (Å²) in [5, 5.41) is 6.22. The van der Waals surface area contributed by atoms with Crippen LogP contribution in [0.25, 0.3) is 0 Å². The standard InChI is InChI=1S/C10H21N3O2/c1-15-7-8(3-2-4-11)13-9-5-10(14)12-6-9/h8-9,13H,2-7,11H2,1H3,(H,12,14). The van der Waals surface area contributed by atoms with Crippen LogP contribution in [0, 0.1) is 0 Å². The molecule has 0 aliphatic carbocycles. The maximum atomic E-state index is 11.0. The Hall–Kier alpha value is -0.650. The number of hydrogen-bond acceptors (Lipinski definition) is 4. The van der Waals surface area contributed by atoms with Crippen molar-refractivity contribution in [3.05, 3.63) is 0 Å². The first-order valence-electron chi connectivity index (χ1n) is 5.48. The average Bonchev–Trinajstić information content (AvgIpc) is 2.61. The number of carbonyl (C=O) groups is 1. The first-order valence-corrected chi connectivity index (χ1v) is 5.48. The van der Waals surface area contributed by atoms with Gasteiger partial charge in [0, 0.05) is 32.2 Å². The van der Waals surface area contributed by atoms with Crippen molar-refractivity contribution in [1.82, 2.24) is 10.6 Å². The quantitative estimate of drug-likeness (QED) is 0.520. The van der Waals surface area contributed by atoms with E-state index in [1.54, 1.807) is 7.11 Å². The predicted molar refractivity (Wildman–Crippen MR) is 58.5 cm³/mol. The molecule has 5 nitrogen and oxygen atoms in total. The van der Waals surface area contributed by atoms with Gasteiger partial charge in [0.1, 0.15) is 0 Å². The third kappa shape index (κ3) is 4.59. The van der Waals surface area contributed by atoms with E-state index < -0.39 is 0 Å². The van der Waals surface area contributed by atoms with Gasteiger partial charge in [-0.3, -0.25) is 4.79 Å². The van der Waals surface area contributed by atoms with Crippen LogP contribution in [0.5, 0.6) is 0 Å². The zero-order valence-electron chi connectivity index (χ0n) is 9.29. The maximum Gasteiger partial charge on any atom is 0.221 e. The lowest BCUT2D eigenvalue weighted by Gasteiger charge is -2.21. The molecule has 0 saturated carbocycles. The van der Waals surface area contributed by atoms with Gasteiger partial charge in [-0.2, -0.15) is 0 Å². The van der Waals surface area contributed by atoms with E-state index in [0.29, 0.717) is 25.6 Å². The highest BCUT2D eigenvalue weighted by Crippen LogP contribution is 2.04. The summed E-state index contributed by atoms with van der Waals surface area (Å²) < 4.78 is 5.13. The van der Waals surface area contributed by atoms with E-state index >= 15 is 0 Å². The summed E-state index contributed by atoms with van der Waals surface area (Å²) >= 11 is 0. The van der Waals surface area contributed by atoms with Gasteiger partial charge in [-0.05, 0) is 19.4 Å². The molecule has 1 heterocycles. The molecule has 0 aromatic heterocycles.